The maximum Gasteiger partial charge on any atom is 0.417 e. The minimum Gasteiger partial charge on any atom is -0.408 e. The van der Waals surface area contributed by atoms with Crippen LogP contribution in [0.5, 0.6) is 0 Å². The van der Waals surface area contributed by atoms with Crippen molar-refractivity contribution < 1.29 is 14.0 Å². The van der Waals surface area contributed by atoms with E-state index in [-0.39, 0.29) is 11.8 Å². The first kappa shape index (κ1) is 17.7. The highest BCUT2D eigenvalue weighted by molar-refractivity contribution is 7.14. The van der Waals surface area contributed by atoms with Crippen molar-refractivity contribution in [2.24, 2.45) is 0 Å². The fourth-order valence-electron chi connectivity index (χ4n) is 2.69. The van der Waals surface area contributed by atoms with E-state index in [9.17, 15) is 14.4 Å². The van der Waals surface area contributed by atoms with Gasteiger partial charge in [0.1, 0.15) is 0 Å². The molecule has 0 spiro atoms. The van der Waals surface area contributed by atoms with Crippen LogP contribution in [0.1, 0.15) is 17.3 Å². The predicted octanol–water partition coefficient (Wildman–Crippen LogP) is 3.46. The topological polar surface area (TPSA) is 117 Å². The average Bonchev–Trinajstić information content (AvgIpc) is 3.26. The SMILES string of the molecule is CC(=O)Nc1cccc(C(=O)Nc2nc(-c3ccc4oc(=O)[nH]c4c3)cs2)c1. The molecule has 4 aromatic rings. The molecule has 2 aromatic heterocycles. The summed E-state index contributed by atoms with van der Waals surface area (Å²) in [6.45, 7) is 1.40. The van der Waals surface area contributed by atoms with Crippen LogP contribution in [-0.2, 0) is 4.79 Å². The Hall–Kier alpha value is -3.72. The van der Waals surface area contributed by atoms with Crippen LogP contribution in [0, 0.1) is 0 Å². The van der Waals surface area contributed by atoms with Crippen molar-refractivity contribution in [1.82, 2.24) is 9.97 Å². The standard InChI is InChI=1S/C19H14N4O4S/c1-10(24)20-13-4-2-3-12(7-13)17(25)23-18-21-15(9-28-18)11-5-6-16-14(8-11)22-19(26)27-16/h2-9H,1H3,(H,20,24)(H,22,26)(H,21,23,25). The normalized spacial score (nSPS) is 10.8. The Labute approximate surface area is 162 Å². The molecule has 9 heteroatoms. The third kappa shape index (κ3) is 3.69. The highest BCUT2D eigenvalue weighted by Crippen LogP contribution is 2.27. The zero-order valence-electron chi connectivity index (χ0n) is 14.6. The first-order valence-corrected chi connectivity index (χ1v) is 9.14. The van der Waals surface area contributed by atoms with Crippen LogP contribution in [0.25, 0.3) is 22.4 Å². The van der Waals surface area contributed by atoms with E-state index in [1.807, 2.05) is 5.38 Å². The zero-order chi connectivity index (χ0) is 19.7. The number of fused-ring (bicyclic) bond motifs is 1. The van der Waals surface area contributed by atoms with Gasteiger partial charge in [0.2, 0.25) is 5.91 Å². The number of aromatic amines is 1. The van der Waals surface area contributed by atoms with Crippen LogP contribution in [0.15, 0.2) is 57.1 Å². The lowest BCUT2D eigenvalue weighted by Gasteiger charge is -2.05. The average molecular weight is 394 g/mol. The predicted molar refractivity (Wildman–Crippen MR) is 107 cm³/mol. The summed E-state index contributed by atoms with van der Waals surface area (Å²) in [5.74, 6) is -1.05. The maximum absolute atomic E-state index is 12.5. The van der Waals surface area contributed by atoms with Crippen LogP contribution in [0.3, 0.4) is 0 Å². The molecule has 0 bridgehead atoms. The van der Waals surface area contributed by atoms with E-state index in [1.54, 1.807) is 42.5 Å². The minimum atomic E-state index is -0.514. The van der Waals surface area contributed by atoms with E-state index in [0.29, 0.717) is 33.2 Å². The highest BCUT2D eigenvalue weighted by atomic mass is 32.1. The van der Waals surface area contributed by atoms with Gasteiger partial charge in [0.25, 0.3) is 5.91 Å². The van der Waals surface area contributed by atoms with Crippen molar-refractivity contribution in [3.05, 3.63) is 64.0 Å². The van der Waals surface area contributed by atoms with Gasteiger partial charge in [0.05, 0.1) is 11.2 Å². The van der Waals surface area contributed by atoms with Gasteiger partial charge in [0.15, 0.2) is 10.7 Å². The number of carbonyl (C=O) groups is 2. The smallest absolute Gasteiger partial charge is 0.408 e. The van der Waals surface area contributed by atoms with E-state index in [2.05, 4.69) is 20.6 Å². The summed E-state index contributed by atoms with van der Waals surface area (Å²) in [6, 6.07) is 11.9. The van der Waals surface area contributed by atoms with Crippen LogP contribution in [-0.4, -0.2) is 21.8 Å². The molecule has 2 amide bonds. The largest absolute Gasteiger partial charge is 0.417 e. The van der Waals surface area contributed by atoms with Crippen LogP contribution in [0.2, 0.25) is 0 Å². The van der Waals surface area contributed by atoms with E-state index in [4.69, 9.17) is 4.42 Å². The molecule has 2 aromatic carbocycles. The van der Waals surface area contributed by atoms with Gasteiger partial charge in [-0.1, -0.05) is 6.07 Å². The van der Waals surface area contributed by atoms with E-state index >= 15 is 0 Å². The lowest BCUT2D eigenvalue weighted by atomic mass is 10.1. The van der Waals surface area contributed by atoms with E-state index in [1.165, 1.54) is 18.3 Å². The third-order valence-corrected chi connectivity index (χ3v) is 4.64. The molecule has 0 radical (unpaired) electrons. The van der Waals surface area contributed by atoms with Crippen molar-refractivity contribution in [2.75, 3.05) is 10.6 Å². The molecule has 3 N–H and O–H groups in total. The monoisotopic (exact) mass is 394 g/mol. The summed E-state index contributed by atoms with van der Waals surface area (Å²) in [7, 11) is 0. The number of H-pyrrole nitrogens is 1. The van der Waals surface area contributed by atoms with Crippen LogP contribution < -0.4 is 16.4 Å². The number of nitrogens with zero attached hydrogens (tertiary/aromatic N) is 1. The van der Waals surface area contributed by atoms with Crippen LogP contribution in [0.4, 0.5) is 10.8 Å². The first-order chi connectivity index (χ1) is 13.5. The molecular weight excluding hydrogens is 380 g/mol. The number of amides is 2. The summed E-state index contributed by atoms with van der Waals surface area (Å²) >= 11 is 1.28. The number of rotatable bonds is 4. The molecule has 8 nitrogen and oxygen atoms in total. The van der Waals surface area contributed by atoms with Gasteiger partial charge in [-0.2, -0.15) is 0 Å². The quantitative estimate of drug-likeness (QED) is 0.490. The Balaban J connectivity index is 1.53. The Morgan fingerprint density at radius 2 is 2.00 bits per heavy atom. The molecule has 0 saturated heterocycles. The summed E-state index contributed by atoms with van der Waals surface area (Å²) in [4.78, 5) is 41.9. The second-order valence-electron chi connectivity index (χ2n) is 5.98. The molecule has 0 saturated carbocycles. The van der Waals surface area contributed by atoms with Gasteiger partial charge in [-0.15, -0.1) is 11.3 Å². The molecule has 28 heavy (non-hydrogen) atoms. The lowest BCUT2D eigenvalue weighted by molar-refractivity contribution is -0.114. The first-order valence-electron chi connectivity index (χ1n) is 8.26. The molecule has 140 valence electrons. The molecule has 0 aliphatic heterocycles. The number of hydrogen-bond donors (Lipinski definition) is 3. The van der Waals surface area contributed by atoms with E-state index in [0.717, 1.165) is 5.56 Å². The Morgan fingerprint density at radius 1 is 1.14 bits per heavy atom. The summed E-state index contributed by atoms with van der Waals surface area (Å²) in [5.41, 5.74) is 3.44. The van der Waals surface area contributed by atoms with Gasteiger partial charge in [-0.25, -0.2) is 9.78 Å². The molecule has 0 aliphatic rings. The van der Waals surface area contributed by atoms with Crippen molar-refractivity contribution in [1.29, 1.82) is 0 Å². The molecule has 4 rings (SSSR count). The minimum absolute atomic E-state index is 0.210. The van der Waals surface area contributed by atoms with E-state index < -0.39 is 5.76 Å². The second kappa shape index (κ2) is 7.12. The summed E-state index contributed by atoms with van der Waals surface area (Å²) < 4.78 is 4.99. The molecule has 0 aliphatic carbocycles. The zero-order valence-corrected chi connectivity index (χ0v) is 15.4. The van der Waals surface area contributed by atoms with Gasteiger partial charge in [-0.3, -0.25) is 19.9 Å². The number of anilines is 2. The van der Waals surface area contributed by atoms with Crippen molar-refractivity contribution in [3.63, 3.8) is 0 Å². The number of aromatic nitrogens is 2. The van der Waals surface area contributed by atoms with Crippen molar-refractivity contribution in [2.45, 2.75) is 6.92 Å². The summed E-state index contributed by atoms with van der Waals surface area (Å²) in [6.07, 6.45) is 0. The maximum atomic E-state index is 12.5. The van der Waals surface area contributed by atoms with Gasteiger partial charge < -0.3 is 9.73 Å². The number of benzene rings is 2. The molecule has 0 fully saturated rings. The Kier molecular flexibility index (Phi) is 4.50. The number of hydrogen-bond acceptors (Lipinski definition) is 6. The number of thiazole rings is 1. The molecule has 0 atom stereocenters. The third-order valence-electron chi connectivity index (χ3n) is 3.88. The fourth-order valence-corrected chi connectivity index (χ4v) is 3.40. The van der Waals surface area contributed by atoms with Gasteiger partial charge in [-0.05, 0) is 36.4 Å². The fraction of sp³-hybridized carbons (Fsp3) is 0.0526. The van der Waals surface area contributed by atoms with Crippen molar-refractivity contribution in [3.8, 4) is 11.3 Å². The molecule has 0 unspecified atom stereocenters. The Bertz CT molecular complexity index is 1250. The van der Waals surface area contributed by atoms with Gasteiger partial charge >= 0.3 is 5.76 Å². The number of oxazole rings is 1. The number of carbonyl (C=O) groups excluding carboxylic acids is 2. The van der Waals surface area contributed by atoms with Crippen molar-refractivity contribution >= 4 is 45.1 Å². The van der Waals surface area contributed by atoms with Crippen LogP contribution >= 0.6 is 11.3 Å². The van der Waals surface area contributed by atoms with Gasteiger partial charge in [0, 0.05) is 29.1 Å². The number of nitrogens with one attached hydrogen (secondary N) is 3. The lowest BCUT2D eigenvalue weighted by Crippen LogP contribution is -2.13. The molecular formula is C19H14N4O4S. The molecule has 2 heterocycles. The highest BCUT2D eigenvalue weighted by Gasteiger charge is 2.12. The summed E-state index contributed by atoms with van der Waals surface area (Å²) in [5, 5.41) is 7.63. The Morgan fingerprint density at radius 3 is 2.82 bits per heavy atom. The second-order valence-corrected chi connectivity index (χ2v) is 6.84.